The van der Waals surface area contributed by atoms with E-state index in [1.165, 1.54) is 0 Å². The van der Waals surface area contributed by atoms with Crippen molar-refractivity contribution < 1.29 is 186 Å². The fraction of sp³-hybridized carbons (Fsp3) is 0.677. The average molecular weight is 1210 g/mol. The number of nitrogens with zero attached hydrogens (tertiary/aromatic N) is 2. The van der Waals surface area contributed by atoms with Gasteiger partial charge in [-0.25, -0.2) is 9.59 Å². The SMILES string of the molecule is CC(=O)OCNC(=O)c1c(C(F)(F)C(F)(F)C(F)(F)C(F)(F)C(F)(F)C(F)(F)C(F)(F)C(F)(F)C(F)(F)C(F)(F)C(F)(F)C(F)(F)C(F)(F)C(F)(F)C(F)(F)C(F)(F)C(F)(F)C(F)(F)F)cc(C)c(N=C=O)c1N=C=O. The van der Waals surface area contributed by atoms with Gasteiger partial charge >= 0.3 is 113 Å². The molecule has 1 aromatic rings. The molecule has 0 aliphatic rings. The minimum Gasteiger partial charge on any atom is -0.445 e. The number of amides is 1. The predicted molar refractivity (Wildman–Crippen MR) is 160 cm³/mol. The summed E-state index contributed by atoms with van der Waals surface area (Å²) in [5, 5.41) is 1.01. The Morgan fingerprint density at radius 3 is 0.895 bits per heavy atom. The topological polar surface area (TPSA) is 114 Å². The lowest BCUT2D eigenvalue weighted by atomic mass is 9.81. The summed E-state index contributed by atoms with van der Waals surface area (Å²) in [6.07, 6.45) is -7.84. The number of aliphatic imine (C=N–C) groups is 2. The van der Waals surface area contributed by atoms with Crippen LogP contribution in [0, 0.1) is 6.92 Å². The first-order valence-corrected chi connectivity index (χ1v) is 17.1. The van der Waals surface area contributed by atoms with Crippen molar-refractivity contribution in [2.24, 2.45) is 9.98 Å². The van der Waals surface area contributed by atoms with Gasteiger partial charge in [0, 0.05) is 12.5 Å². The number of ether oxygens (including phenoxy) is 1. The zero-order valence-corrected chi connectivity index (χ0v) is 34.2. The normalized spacial score (nSPS) is 15.5. The van der Waals surface area contributed by atoms with Gasteiger partial charge < -0.3 is 10.1 Å². The molecule has 76 heavy (non-hydrogen) atoms. The number of esters is 1. The molecule has 45 heteroatoms. The van der Waals surface area contributed by atoms with Crippen LogP contribution in [0.3, 0.4) is 0 Å². The second-order valence-electron chi connectivity index (χ2n) is 14.3. The molecule has 0 aromatic heterocycles. The second kappa shape index (κ2) is 18.8. The maximum absolute atomic E-state index is 15.6. The number of benzene rings is 1. The van der Waals surface area contributed by atoms with Crippen LogP contribution < -0.4 is 5.32 Å². The third-order valence-corrected chi connectivity index (χ3v) is 9.52. The molecule has 8 nitrogen and oxygen atoms in total. The molecule has 0 saturated heterocycles. The highest BCUT2D eigenvalue weighted by atomic mass is 19.4. The van der Waals surface area contributed by atoms with Crippen molar-refractivity contribution >= 4 is 35.4 Å². The minimum atomic E-state index is -10.6. The Bertz CT molecular complexity index is 2500. The summed E-state index contributed by atoms with van der Waals surface area (Å²) < 4.78 is 527. The van der Waals surface area contributed by atoms with Crippen LogP contribution in [0.4, 0.5) is 174 Å². The average Bonchev–Trinajstić information content (AvgIpc) is 3.22. The first-order chi connectivity index (χ1) is 32.9. The molecule has 0 radical (unpaired) electrons. The quantitative estimate of drug-likeness (QED) is 0.0408. The largest absolute Gasteiger partial charge is 0.460 e. The fourth-order valence-electron chi connectivity index (χ4n) is 5.20. The lowest BCUT2D eigenvalue weighted by Gasteiger charge is -2.47. The van der Waals surface area contributed by atoms with Gasteiger partial charge in [0.1, 0.15) is 11.4 Å². The van der Waals surface area contributed by atoms with Crippen LogP contribution in [0.15, 0.2) is 16.1 Å². The van der Waals surface area contributed by atoms with E-state index < -0.39 is 160 Å². The fourth-order valence-corrected chi connectivity index (χ4v) is 5.20. The maximum Gasteiger partial charge on any atom is 0.460 e. The molecule has 438 valence electrons. The molecule has 1 N–H and O–H groups in total. The zero-order valence-electron chi connectivity index (χ0n) is 34.2. The van der Waals surface area contributed by atoms with E-state index in [2.05, 4.69) is 14.7 Å². The van der Waals surface area contributed by atoms with E-state index in [-0.39, 0.29) is 13.0 Å². The van der Waals surface area contributed by atoms with E-state index in [0.29, 0.717) is 13.0 Å². The first kappa shape index (κ1) is 68.3. The molecule has 0 aliphatic heterocycles. The molecule has 1 amide bonds. The third kappa shape index (κ3) is 8.64. The van der Waals surface area contributed by atoms with Gasteiger partial charge in [-0.05, 0) is 18.6 Å². The van der Waals surface area contributed by atoms with E-state index in [1.54, 1.807) is 0 Å². The van der Waals surface area contributed by atoms with E-state index >= 15 is 17.6 Å². The highest BCUT2D eigenvalue weighted by Gasteiger charge is 3.02. The third-order valence-electron chi connectivity index (χ3n) is 9.52. The monoisotopic (exact) mass is 1210 g/mol. The van der Waals surface area contributed by atoms with Crippen LogP contribution in [-0.2, 0) is 25.0 Å². The number of carbonyl (C=O) groups is 2. The molecule has 1 rings (SSSR count). The first-order valence-electron chi connectivity index (χ1n) is 17.1. The number of isocyanates is 2. The van der Waals surface area contributed by atoms with Gasteiger partial charge in [0.15, 0.2) is 6.73 Å². The Hall–Kier alpha value is -5.67. The highest BCUT2D eigenvalue weighted by Crippen LogP contribution is 2.71. The number of alkyl halides is 37. The summed E-state index contributed by atoms with van der Waals surface area (Å²) in [4.78, 5) is 50.3. The van der Waals surface area contributed by atoms with Crippen molar-refractivity contribution in [1.82, 2.24) is 5.32 Å². The number of hydrogen-bond acceptors (Lipinski definition) is 7. The van der Waals surface area contributed by atoms with Gasteiger partial charge in [-0.1, -0.05) is 0 Å². The summed E-state index contributed by atoms with van der Waals surface area (Å²) >= 11 is 0. The van der Waals surface area contributed by atoms with Crippen molar-refractivity contribution in [2.75, 3.05) is 6.73 Å². The number of carbonyl (C=O) groups excluding carboxylic acids is 4. The minimum absolute atomic E-state index is 0.102. The van der Waals surface area contributed by atoms with Crippen LogP contribution in [0.25, 0.3) is 0 Å². The van der Waals surface area contributed by atoms with Crippen molar-refractivity contribution in [1.29, 1.82) is 0 Å². The standard InChI is InChI=1S/C31H10F37N3O5/c1-7-3-9(10(13(75)71-6-76-8(2)74)12(70-5-73)11(7)69-4-72)14(32,33)15(34,35)16(36,37)17(38,39)18(40,41)19(42,43)20(44,45)21(46,47)22(48,49)23(50,51)24(52,53)25(54,55)26(56,57)27(58,59)28(60,61)29(62,63)30(64,65)31(66,67)68/h3H,6H2,1-2H3,(H,71,75). The molecule has 0 atom stereocenters. The molecular formula is C31H10F37N3O5. The maximum atomic E-state index is 15.6. The summed E-state index contributed by atoms with van der Waals surface area (Å²) in [5.41, 5.74) is -11.8. The van der Waals surface area contributed by atoms with Crippen LogP contribution in [-0.4, -0.2) is 132 Å². The van der Waals surface area contributed by atoms with Gasteiger partial charge in [0.2, 0.25) is 12.2 Å². The summed E-state index contributed by atoms with van der Waals surface area (Å²) in [7, 11) is 0. The van der Waals surface area contributed by atoms with Crippen molar-refractivity contribution in [3.63, 3.8) is 0 Å². The van der Waals surface area contributed by atoms with E-state index in [1.807, 2.05) is 0 Å². The molecule has 0 aliphatic carbocycles. The van der Waals surface area contributed by atoms with Crippen LogP contribution in [0.5, 0.6) is 0 Å². The molecule has 0 spiro atoms. The lowest BCUT2D eigenvalue weighted by Crippen LogP contribution is -2.80. The molecule has 0 fully saturated rings. The van der Waals surface area contributed by atoms with Crippen molar-refractivity contribution in [3.8, 4) is 0 Å². The van der Waals surface area contributed by atoms with Gasteiger partial charge in [-0.15, -0.1) is 0 Å². The molecule has 0 heterocycles. The number of rotatable bonds is 22. The number of aryl methyl sites for hydroxylation is 1. The van der Waals surface area contributed by atoms with Gasteiger partial charge in [-0.2, -0.15) is 172 Å². The predicted octanol–water partition coefficient (Wildman–Crippen LogP) is 13.0. The summed E-state index contributed by atoms with van der Waals surface area (Å²) in [5.74, 6) is -174. The number of hydrogen-bond donors (Lipinski definition) is 1. The smallest absolute Gasteiger partial charge is 0.445 e. The molecular weight excluding hydrogens is 1200 g/mol. The zero-order chi connectivity index (χ0) is 61.7. The van der Waals surface area contributed by atoms with E-state index in [9.17, 15) is 164 Å². The summed E-state index contributed by atoms with van der Waals surface area (Å²) in [6, 6.07) is -0.990. The Labute approximate surface area is 388 Å². The van der Waals surface area contributed by atoms with Crippen LogP contribution in [0.1, 0.15) is 28.4 Å². The molecule has 0 unspecified atom stereocenters. The number of nitrogens with one attached hydrogen (secondary N) is 1. The van der Waals surface area contributed by atoms with Crippen molar-refractivity contribution in [2.45, 2.75) is 121 Å². The Morgan fingerprint density at radius 1 is 0.421 bits per heavy atom. The van der Waals surface area contributed by atoms with Gasteiger partial charge in [-0.3, -0.25) is 9.59 Å². The molecule has 0 bridgehead atoms. The Balaban J connectivity index is 4.33. The Kier molecular flexibility index (Phi) is 16.9. The lowest BCUT2D eigenvalue weighted by molar-refractivity contribution is -0.493. The van der Waals surface area contributed by atoms with Crippen molar-refractivity contribution in [3.05, 3.63) is 22.8 Å². The molecule has 1 aromatic carbocycles. The summed E-state index contributed by atoms with van der Waals surface area (Å²) in [6.45, 7) is -1.24. The highest BCUT2D eigenvalue weighted by molar-refractivity contribution is 6.04. The second-order valence-corrected chi connectivity index (χ2v) is 14.3. The van der Waals surface area contributed by atoms with Gasteiger partial charge in [0.25, 0.3) is 5.91 Å². The van der Waals surface area contributed by atoms with E-state index in [0.717, 1.165) is 5.32 Å². The molecule has 0 saturated carbocycles. The Morgan fingerprint density at radius 2 is 0.658 bits per heavy atom. The van der Waals surface area contributed by atoms with E-state index in [4.69, 9.17) is 0 Å². The van der Waals surface area contributed by atoms with Crippen LogP contribution >= 0.6 is 0 Å². The van der Waals surface area contributed by atoms with Gasteiger partial charge in [0.05, 0.1) is 5.56 Å². The van der Waals surface area contributed by atoms with Crippen LogP contribution in [0.2, 0.25) is 0 Å². The number of halogens is 37.